The number of nitrogens with one attached hydrogen (secondary N) is 1. The van der Waals surface area contributed by atoms with Crippen molar-refractivity contribution in [2.45, 2.75) is 174 Å². The molecule has 3 N–H and O–H groups in total. The van der Waals surface area contributed by atoms with E-state index < -0.39 is 58.2 Å². The van der Waals surface area contributed by atoms with E-state index in [0.29, 0.717) is 11.7 Å². The van der Waals surface area contributed by atoms with E-state index in [1.807, 2.05) is 55.4 Å². The fourth-order valence-corrected chi connectivity index (χ4v) is 15.0. The summed E-state index contributed by atoms with van der Waals surface area (Å²) in [5.41, 5.74) is 3.82. The molecule has 62 heavy (non-hydrogen) atoms. The summed E-state index contributed by atoms with van der Waals surface area (Å²) in [6.45, 7) is 19.0. The molecule has 20 heteroatoms. The van der Waals surface area contributed by atoms with E-state index in [0.717, 1.165) is 32.1 Å². The maximum Gasteiger partial charge on any atom is 0.350 e. The van der Waals surface area contributed by atoms with Crippen LogP contribution in [0.15, 0.2) is 34.1 Å². The number of aromatic nitrogens is 4. The molecule has 4 saturated heterocycles. The Bertz CT molecular complexity index is 1860. The summed E-state index contributed by atoms with van der Waals surface area (Å²) in [7, 11) is 0. The first-order valence-corrected chi connectivity index (χ1v) is 26.2. The quantitative estimate of drug-likeness (QED) is 0.132. The highest BCUT2D eigenvalue weighted by molar-refractivity contribution is 9.11. The summed E-state index contributed by atoms with van der Waals surface area (Å²) >= 11 is 9.46. The Morgan fingerprint density at radius 2 is 1.15 bits per heavy atom. The van der Waals surface area contributed by atoms with E-state index in [9.17, 15) is 36.7 Å². The highest BCUT2D eigenvalue weighted by atomic mass is 79.9. The number of halogens is 5. The number of hydrogen-bond acceptors (Lipinski definition) is 12. The third-order valence-electron chi connectivity index (χ3n) is 11.5. The molecule has 0 radical (unpaired) electrons. The van der Waals surface area contributed by atoms with Crippen LogP contribution in [0, 0.1) is 23.7 Å². The van der Waals surface area contributed by atoms with Crippen molar-refractivity contribution in [2.75, 3.05) is 11.1 Å². The highest BCUT2D eigenvalue weighted by Gasteiger charge is 2.45. The fourth-order valence-electron chi connectivity index (χ4n) is 7.61. The standard InChI is InChI=1S/C15H22FN3O2S.C11H16FN3OS.C9H15FO2S.C7H12BrFS/c1-4-6-12(20)17-11-7-8-19(15(21)18-11)14-13(16)9(3)10(5-2)22-14;1-3-7-6(2)9(12)10(17-7)15-5-4-8(13)14-11(15)16;1-4-7-5(2)8(10)9(13-7)12-6(3)11;1-3-5-4(2)6(9)7(8)10-5/h7-10,13-14H,4-6H2,1-3H3,(H,17,18,20,21);4-7,9-10H,3H2,1-2H3,(H2,13,14,16);5,7-9H,4H2,1-3H3;4-7H,3H2,1-2H3/t9-,10-,13+,14-;6-,7-,9+,10-;5-,7-,8+,9?;4-,5-,6+,7?/m1111/s1. The van der Waals surface area contributed by atoms with Crippen LogP contribution in [0.1, 0.15) is 119 Å². The van der Waals surface area contributed by atoms with Crippen LogP contribution in [0.5, 0.6) is 0 Å². The Morgan fingerprint density at radius 1 is 0.710 bits per heavy atom. The largest absolute Gasteiger partial charge is 0.448 e. The number of nitrogens with two attached hydrogens (primary N) is 1. The zero-order chi connectivity index (χ0) is 46.6. The lowest BCUT2D eigenvalue weighted by atomic mass is 10.0. The lowest BCUT2D eigenvalue weighted by Crippen LogP contribution is -2.30. The lowest BCUT2D eigenvalue weighted by Gasteiger charge is -2.16. The zero-order valence-corrected chi connectivity index (χ0v) is 42.1. The molecule has 0 saturated carbocycles. The zero-order valence-electron chi connectivity index (χ0n) is 37.2. The van der Waals surface area contributed by atoms with E-state index in [-0.39, 0.29) is 61.1 Å². The predicted octanol–water partition coefficient (Wildman–Crippen LogP) is 10.4. The van der Waals surface area contributed by atoms with E-state index in [1.165, 1.54) is 69.8 Å². The molecule has 0 bridgehead atoms. The van der Waals surface area contributed by atoms with Crippen LogP contribution in [-0.2, 0) is 14.3 Å². The Labute approximate surface area is 389 Å². The number of anilines is 2. The molecule has 6 heterocycles. The van der Waals surface area contributed by atoms with Crippen LogP contribution in [0.4, 0.5) is 29.2 Å². The minimum absolute atomic E-state index is 0.0145. The summed E-state index contributed by atoms with van der Waals surface area (Å²) in [4.78, 5) is 53.4. The first-order chi connectivity index (χ1) is 29.2. The molecular weight excluding hydrogens is 953 g/mol. The van der Waals surface area contributed by atoms with Crippen molar-refractivity contribution in [3.05, 3.63) is 45.5 Å². The number of thioether (sulfide) groups is 4. The number of carbonyl (C=O) groups is 2. The molecule has 16 atom stereocenters. The van der Waals surface area contributed by atoms with Crippen molar-refractivity contribution < 1.29 is 31.9 Å². The van der Waals surface area contributed by atoms with Gasteiger partial charge in [-0.1, -0.05) is 78.2 Å². The first-order valence-electron chi connectivity index (χ1n) is 21.5. The molecule has 6 rings (SSSR count). The van der Waals surface area contributed by atoms with Crippen LogP contribution in [-0.4, -0.2) is 86.3 Å². The second-order valence-corrected chi connectivity index (χ2v) is 23.0. The second-order valence-electron chi connectivity index (χ2n) is 16.0. The van der Waals surface area contributed by atoms with Crippen molar-refractivity contribution in [1.82, 2.24) is 19.1 Å². The van der Waals surface area contributed by atoms with Crippen molar-refractivity contribution in [3.8, 4) is 0 Å². The highest BCUT2D eigenvalue weighted by Crippen LogP contribution is 2.49. The Balaban J connectivity index is 0.000000229. The van der Waals surface area contributed by atoms with Gasteiger partial charge in [0.1, 0.15) is 40.9 Å². The third-order valence-corrected chi connectivity index (χ3v) is 19.8. The molecule has 0 aromatic carbocycles. The van der Waals surface area contributed by atoms with Gasteiger partial charge in [-0.05, 0) is 44.2 Å². The molecule has 2 unspecified atom stereocenters. The Morgan fingerprint density at radius 3 is 1.52 bits per heavy atom. The van der Waals surface area contributed by atoms with E-state index >= 15 is 0 Å². The van der Waals surface area contributed by atoms with Gasteiger partial charge in [-0.15, -0.1) is 47.0 Å². The first kappa shape index (κ1) is 54.4. The van der Waals surface area contributed by atoms with Crippen molar-refractivity contribution >= 4 is 86.5 Å². The van der Waals surface area contributed by atoms with Crippen LogP contribution < -0.4 is 22.4 Å². The van der Waals surface area contributed by atoms with Gasteiger partial charge in [-0.2, -0.15) is 9.97 Å². The maximum atomic E-state index is 14.4. The molecule has 2 aromatic heterocycles. The Kier molecular flexibility index (Phi) is 22.6. The molecule has 0 spiro atoms. The van der Waals surface area contributed by atoms with Crippen LogP contribution in [0.3, 0.4) is 0 Å². The number of rotatable bonds is 10. The number of ether oxygens (including phenoxy) is 1. The summed E-state index contributed by atoms with van der Waals surface area (Å²) in [5.74, 6) is -0.105. The maximum absolute atomic E-state index is 14.4. The summed E-state index contributed by atoms with van der Waals surface area (Å²) < 4.78 is 62.7. The topological polar surface area (TPSA) is 151 Å². The summed E-state index contributed by atoms with van der Waals surface area (Å²) in [6.07, 6.45) is 4.16. The van der Waals surface area contributed by atoms with Crippen LogP contribution in [0.2, 0.25) is 0 Å². The molecule has 0 aliphatic carbocycles. The number of nitrogen functional groups attached to an aromatic ring is 1. The average molecular weight is 1020 g/mol. The van der Waals surface area contributed by atoms with Crippen LogP contribution in [0.25, 0.3) is 0 Å². The Hall–Kier alpha value is -1.90. The number of hydrogen-bond donors (Lipinski definition) is 2. The van der Waals surface area contributed by atoms with E-state index in [1.54, 1.807) is 17.8 Å². The molecule has 4 aliphatic rings. The van der Waals surface area contributed by atoms with E-state index in [4.69, 9.17) is 10.5 Å². The number of nitrogens with zero attached hydrogens (tertiary/aromatic N) is 4. The van der Waals surface area contributed by atoms with Gasteiger partial charge in [0.25, 0.3) is 0 Å². The smallest absolute Gasteiger partial charge is 0.350 e. The van der Waals surface area contributed by atoms with Crippen LogP contribution >= 0.6 is 63.0 Å². The van der Waals surface area contributed by atoms with Crippen molar-refractivity contribution in [2.24, 2.45) is 23.7 Å². The van der Waals surface area contributed by atoms with Crippen molar-refractivity contribution in [1.29, 1.82) is 0 Å². The average Bonchev–Trinajstić information content (AvgIpc) is 3.87. The molecule has 11 nitrogen and oxygen atoms in total. The minimum Gasteiger partial charge on any atom is -0.448 e. The summed E-state index contributed by atoms with van der Waals surface area (Å²) in [5, 5.41) is 2.80. The predicted molar refractivity (Wildman–Crippen MR) is 254 cm³/mol. The molecular formula is C42H65BrF4N6O5S4. The second kappa shape index (κ2) is 25.7. The molecule has 4 fully saturated rings. The van der Waals surface area contributed by atoms with Gasteiger partial charge in [0, 0.05) is 70.4 Å². The monoisotopic (exact) mass is 1020 g/mol. The number of amides is 1. The number of alkyl halides is 5. The van der Waals surface area contributed by atoms with Gasteiger partial charge < -0.3 is 15.8 Å². The number of esters is 1. The van der Waals surface area contributed by atoms with Gasteiger partial charge in [-0.25, -0.2) is 27.2 Å². The van der Waals surface area contributed by atoms with E-state index in [2.05, 4.69) is 38.1 Å². The molecule has 2 aromatic rings. The normalized spacial score (nSPS) is 34.8. The SMILES string of the molecule is CCCC(=O)Nc1ccn([C@@H]2S[C@H](CC)[C@@H](C)[C@@H]2F)c(=O)n1.CC[C@H]1SC(Br)[C@@H](F)[C@@H]1C.CC[C@H]1SC(OC(C)=O)[C@@H](F)[C@@H]1C.CC[C@H]1S[C@@H](n2ccc(N)nc2=O)[C@@H](F)[C@@H]1C. The lowest BCUT2D eigenvalue weighted by molar-refractivity contribution is -0.144. The number of carbonyl (C=O) groups excluding carboxylic acids is 2. The fraction of sp³-hybridized carbons (Fsp3) is 0.762. The molecule has 352 valence electrons. The van der Waals surface area contributed by atoms with Gasteiger partial charge in [-0.3, -0.25) is 18.7 Å². The van der Waals surface area contributed by atoms with Gasteiger partial charge in [0.2, 0.25) is 5.91 Å². The molecule has 4 aliphatic heterocycles. The minimum atomic E-state index is -1.07. The van der Waals surface area contributed by atoms with Crippen molar-refractivity contribution in [3.63, 3.8) is 0 Å². The van der Waals surface area contributed by atoms with Gasteiger partial charge in [0.05, 0.1) is 4.16 Å². The molecule has 1 amide bonds. The van der Waals surface area contributed by atoms with Gasteiger partial charge in [0.15, 0.2) is 11.6 Å². The summed E-state index contributed by atoms with van der Waals surface area (Å²) in [6, 6.07) is 3.07. The third kappa shape index (κ3) is 14.3. The van der Waals surface area contributed by atoms with Gasteiger partial charge >= 0.3 is 17.3 Å².